The Kier molecular flexibility index (Phi) is 6.39. The van der Waals surface area contributed by atoms with Gasteiger partial charge in [0, 0.05) is 37.5 Å². The van der Waals surface area contributed by atoms with E-state index in [4.69, 9.17) is 9.47 Å². The molecular formula is C15H20ClN3O2. The lowest BCUT2D eigenvalue weighted by Gasteiger charge is -2.27. The lowest BCUT2D eigenvalue weighted by molar-refractivity contribution is 0.391. The maximum atomic E-state index is 5.83. The van der Waals surface area contributed by atoms with E-state index in [0.717, 1.165) is 24.5 Å². The number of methoxy groups -OCH3 is 1. The summed E-state index contributed by atoms with van der Waals surface area (Å²) in [7, 11) is 1.63. The molecule has 2 heterocycles. The van der Waals surface area contributed by atoms with E-state index in [9.17, 15) is 0 Å². The molecular weight excluding hydrogens is 290 g/mol. The molecule has 0 bridgehead atoms. The van der Waals surface area contributed by atoms with Crippen LogP contribution in [0.4, 0.5) is 0 Å². The van der Waals surface area contributed by atoms with Gasteiger partial charge < -0.3 is 14.8 Å². The number of nitrogens with one attached hydrogen (secondary N) is 1. The van der Waals surface area contributed by atoms with Gasteiger partial charge in [-0.25, -0.2) is 4.98 Å². The van der Waals surface area contributed by atoms with E-state index >= 15 is 0 Å². The maximum absolute atomic E-state index is 5.83. The standard InChI is InChI=1S/C14H15N3O2.CH4.ClH/c1-18-11-3-2-4-12(7-11)19-14-13(10-8-15-9-10)16-5-6-17-14;;/h2-7,10,15H,8-9H2,1H3;1H4;1H. The van der Waals surface area contributed by atoms with Crippen LogP contribution in [0.15, 0.2) is 36.7 Å². The zero-order valence-electron chi connectivity index (χ0n) is 11.1. The lowest BCUT2D eigenvalue weighted by atomic mass is 9.99. The zero-order valence-corrected chi connectivity index (χ0v) is 11.9. The Morgan fingerprint density at radius 1 is 1.14 bits per heavy atom. The fourth-order valence-electron chi connectivity index (χ4n) is 1.95. The van der Waals surface area contributed by atoms with Gasteiger partial charge in [0.1, 0.15) is 17.2 Å². The van der Waals surface area contributed by atoms with Crippen LogP contribution in [0.25, 0.3) is 0 Å². The Morgan fingerprint density at radius 3 is 2.52 bits per heavy atom. The average molecular weight is 310 g/mol. The summed E-state index contributed by atoms with van der Waals surface area (Å²) in [6.07, 6.45) is 3.34. The molecule has 1 aliphatic rings. The Balaban J connectivity index is 0.00000110. The SMILES string of the molecule is C.COc1cccc(Oc2nccnc2C2CNC2)c1.Cl. The molecule has 1 fully saturated rings. The van der Waals surface area contributed by atoms with Gasteiger partial charge in [0.25, 0.3) is 0 Å². The summed E-state index contributed by atoms with van der Waals surface area (Å²) in [5.41, 5.74) is 0.907. The van der Waals surface area contributed by atoms with Gasteiger partial charge in [0.2, 0.25) is 5.88 Å². The summed E-state index contributed by atoms with van der Waals surface area (Å²) >= 11 is 0. The first-order valence-corrected chi connectivity index (χ1v) is 6.20. The Labute approximate surface area is 131 Å². The first kappa shape index (κ1) is 17.2. The van der Waals surface area contributed by atoms with Crippen molar-refractivity contribution in [1.82, 2.24) is 15.3 Å². The molecule has 0 saturated carbocycles. The predicted molar refractivity (Wildman–Crippen MR) is 84.7 cm³/mol. The number of hydrogen-bond acceptors (Lipinski definition) is 5. The number of ether oxygens (including phenoxy) is 2. The molecule has 0 spiro atoms. The highest BCUT2D eigenvalue weighted by molar-refractivity contribution is 5.85. The monoisotopic (exact) mass is 309 g/mol. The first-order valence-electron chi connectivity index (χ1n) is 6.20. The number of aromatic nitrogens is 2. The molecule has 1 saturated heterocycles. The lowest BCUT2D eigenvalue weighted by Crippen LogP contribution is -2.40. The van der Waals surface area contributed by atoms with Crippen LogP contribution in [0.1, 0.15) is 19.0 Å². The molecule has 1 aliphatic heterocycles. The van der Waals surface area contributed by atoms with Crippen molar-refractivity contribution in [2.24, 2.45) is 0 Å². The molecule has 0 radical (unpaired) electrons. The summed E-state index contributed by atoms with van der Waals surface area (Å²) in [5, 5.41) is 3.23. The molecule has 0 unspecified atom stereocenters. The molecule has 3 rings (SSSR count). The summed E-state index contributed by atoms with van der Waals surface area (Å²) in [6.45, 7) is 1.85. The van der Waals surface area contributed by atoms with Crippen LogP contribution in [0.5, 0.6) is 17.4 Å². The smallest absolute Gasteiger partial charge is 0.241 e. The van der Waals surface area contributed by atoms with Gasteiger partial charge in [0.05, 0.1) is 7.11 Å². The highest BCUT2D eigenvalue weighted by Crippen LogP contribution is 2.30. The number of nitrogens with zero attached hydrogens (tertiary/aromatic N) is 2. The van der Waals surface area contributed by atoms with E-state index in [1.165, 1.54) is 0 Å². The predicted octanol–water partition coefficient (Wildman–Crippen LogP) is 3.02. The zero-order chi connectivity index (χ0) is 13.1. The topological polar surface area (TPSA) is 56.3 Å². The highest BCUT2D eigenvalue weighted by atomic mass is 35.5. The van der Waals surface area contributed by atoms with Crippen molar-refractivity contribution in [2.75, 3.05) is 20.2 Å². The molecule has 2 aromatic rings. The fourth-order valence-corrected chi connectivity index (χ4v) is 1.95. The third kappa shape index (κ3) is 3.83. The second-order valence-electron chi connectivity index (χ2n) is 4.38. The molecule has 1 aromatic heterocycles. The third-order valence-corrected chi connectivity index (χ3v) is 3.12. The highest BCUT2D eigenvalue weighted by Gasteiger charge is 2.24. The average Bonchev–Trinajstić information content (AvgIpc) is 2.39. The minimum absolute atomic E-state index is 0. The van der Waals surface area contributed by atoms with Crippen molar-refractivity contribution in [3.63, 3.8) is 0 Å². The van der Waals surface area contributed by atoms with Crippen LogP contribution in [-0.2, 0) is 0 Å². The molecule has 114 valence electrons. The molecule has 1 N–H and O–H groups in total. The van der Waals surface area contributed by atoms with Crippen LogP contribution < -0.4 is 14.8 Å². The van der Waals surface area contributed by atoms with E-state index in [1.54, 1.807) is 19.5 Å². The number of hydrogen-bond donors (Lipinski definition) is 1. The van der Waals surface area contributed by atoms with Crippen molar-refractivity contribution in [3.05, 3.63) is 42.4 Å². The molecule has 0 amide bonds. The van der Waals surface area contributed by atoms with Gasteiger partial charge >= 0.3 is 0 Å². The molecule has 21 heavy (non-hydrogen) atoms. The van der Waals surface area contributed by atoms with Crippen molar-refractivity contribution < 1.29 is 9.47 Å². The van der Waals surface area contributed by atoms with Gasteiger partial charge in [-0.1, -0.05) is 13.5 Å². The largest absolute Gasteiger partial charge is 0.497 e. The van der Waals surface area contributed by atoms with Crippen molar-refractivity contribution in [3.8, 4) is 17.4 Å². The van der Waals surface area contributed by atoms with Crippen molar-refractivity contribution in [2.45, 2.75) is 13.3 Å². The van der Waals surface area contributed by atoms with Crippen LogP contribution in [0, 0.1) is 0 Å². The normalized spacial score (nSPS) is 13.4. The molecule has 6 heteroatoms. The minimum atomic E-state index is 0. The molecule has 0 atom stereocenters. The van der Waals surface area contributed by atoms with E-state index in [0.29, 0.717) is 17.5 Å². The number of benzene rings is 1. The maximum Gasteiger partial charge on any atom is 0.241 e. The summed E-state index contributed by atoms with van der Waals surface area (Å²) in [6, 6.07) is 7.47. The number of halogens is 1. The first-order chi connectivity index (χ1) is 9.36. The van der Waals surface area contributed by atoms with Crippen LogP contribution >= 0.6 is 12.4 Å². The summed E-state index contributed by atoms with van der Waals surface area (Å²) in [5.74, 6) is 2.41. The Hall–Kier alpha value is -1.85. The second-order valence-corrected chi connectivity index (χ2v) is 4.38. The van der Waals surface area contributed by atoms with Crippen LogP contribution in [0.2, 0.25) is 0 Å². The Bertz CT molecular complexity index is 576. The van der Waals surface area contributed by atoms with E-state index < -0.39 is 0 Å². The Morgan fingerprint density at radius 2 is 1.86 bits per heavy atom. The fraction of sp³-hybridized carbons (Fsp3) is 0.333. The summed E-state index contributed by atoms with van der Waals surface area (Å²) in [4.78, 5) is 8.66. The van der Waals surface area contributed by atoms with Gasteiger partial charge in [0.15, 0.2) is 0 Å². The summed E-state index contributed by atoms with van der Waals surface area (Å²) < 4.78 is 11.0. The molecule has 1 aromatic carbocycles. The third-order valence-electron chi connectivity index (χ3n) is 3.12. The van der Waals surface area contributed by atoms with Crippen LogP contribution in [-0.4, -0.2) is 30.2 Å². The second kappa shape index (κ2) is 7.81. The van der Waals surface area contributed by atoms with Gasteiger partial charge in [-0.15, -0.1) is 12.4 Å². The van der Waals surface area contributed by atoms with Crippen LogP contribution in [0.3, 0.4) is 0 Å². The molecule has 0 aliphatic carbocycles. The number of rotatable bonds is 4. The van der Waals surface area contributed by atoms with E-state index in [2.05, 4.69) is 15.3 Å². The van der Waals surface area contributed by atoms with Crippen molar-refractivity contribution in [1.29, 1.82) is 0 Å². The van der Waals surface area contributed by atoms with E-state index in [-0.39, 0.29) is 19.8 Å². The van der Waals surface area contributed by atoms with Gasteiger partial charge in [-0.05, 0) is 12.1 Å². The van der Waals surface area contributed by atoms with E-state index in [1.807, 2.05) is 24.3 Å². The van der Waals surface area contributed by atoms with Gasteiger partial charge in [-0.3, -0.25) is 4.98 Å². The minimum Gasteiger partial charge on any atom is -0.497 e. The quantitative estimate of drug-likeness (QED) is 0.941. The molecule has 5 nitrogen and oxygen atoms in total. The van der Waals surface area contributed by atoms with Gasteiger partial charge in [-0.2, -0.15) is 0 Å². The van der Waals surface area contributed by atoms with Crippen molar-refractivity contribution >= 4 is 12.4 Å².